The first-order chi connectivity index (χ1) is 7.72. The smallest absolute Gasteiger partial charge is 0.233 e. The molecule has 0 bridgehead atoms. The number of carbonyl (C=O) groups excluding carboxylic acids is 1. The van der Waals surface area contributed by atoms with Crippen LogP contribution in [0.25, 0.3) is 0 Å². The highest BCUT2D eigenvalue weighted by atomic mass is 16.2. The highest BCUT2D eigenvalue weighted by Gasteiger charge is 2.09. The molecule has 1 aromatic rings. The molecule has 16 heavy (non-hydrogen) atoms. The van der Waals surface area contributed by atoms with Gasteiger partial charge in [-0.1, -0.05) is 0 Å². The summed E-state index contributed by atoms with van der Waals surface area (Å²) in [4.78, 5) is 14.6. The van der Waals surface area contributed by atoms with E-state index < -0.39 is 0 Å². The number of hydrazine groups is 1. The number of hydrogen-bond acceptors (Lipinski definition) is 5. The first-order valence-electron chi connectivity index (χ1n) is 4.57. The predicted octanol–water partition coefficient (Wildman–Crippen LogP) is -0.603. The Morgan fingerprint density at radius 2 is 2.31 bits per heavy atom. The maximum absolute atomic E-state index is 10.8. The van der Waals surface area contributed by atoms with Gasteiger partial charge in [-0.2, -0.15) is 10.5 Å². The average molecular weight is 218 g/mol. The first-order valence-corrected chi connectivity index (χ1v) is 4.57. The Morgan fingerprint density at radius 1 is 1.56 bits per heavy atom. The predicted molar refractivity (Wildman–Crippen MR) is 53.2 cm³/mol. The summed E-state index contributed by atoms with van der Waals surface area (Å²) < 4.78 is 1.54. The topological polar surface area (TPSA) is 121 Å². The zero-order chi connectivity index (χ0) is 12.0. The van der Waals surface area contributed by atoms with Crippen molar-refractivity contribution in [2.75, 3.05) is 0 Å². The number of nitrogens with one attached hydrogen (secondary N) is 1. The van der Waals surface area contributed by atoms with E-state index in [1.165, 1.54) is 6.33 Å². The SMILES string of the molecule is N#Cc1ncn(CCCC(=O)NN)c1C#N. The number of nitrogens with two attached hydrogens (primary N) is 1. The Hall–Kier alpha value is -2.38. The third-order valence-electron chi connectivity index (χ3n) is 2.01. The second-order valence-corrected chi connectivity index (χ2v) is 3.03. The fraction of sp³-hybridized carbons (Fsp3) is 0.333. The van der Waals surface area contributed by atoms with E-state index in [1.807, 2.05) is 17.6 Å². The molecule has 3 N–H and O–H groups in total. The Labute approximate surface area is 92.1 Å². The number of nitrogens with zero attached hydrogens (tertiary/aromatic N) is 4. The molecule has 82 valence electrons. The molecule has 0 saturated carbocycles. The van der Waals surface area contributed by atoms with Gasteiger partial charge in [0, 0.05) is 13.0 Å². The largest absolute Gasteiger partial charge is 0.321 e. The Balaban J connectivity index is 2.62. The van der Waals surface area contributed by atoms with Gasteiger partial charge in [-0.05, 0) is 6.42 Å². The molecule has 0 spiro atoms. The van der Waals surface area contributed by atoms with Crippen LogP contribution in [0.15, 0.2) is 6.33 Å². The summed E-state index contributed by atoms with van der Waals surface area (Å²) in [6, 6.07) is 3.72. The van der Waals surface area contributed by atoms with Crippen molar-refractivity contribution < 1.29 is 4.79 Å². The van der Waals surface area contributed by atoms with Crippen LogP contribution in [0.3, 0.4) is 0 Å². The molecule has 1 amide bonds. The first kappa shape index (κ1) is 11.7. The summed E-state index contributed by atoms with van der Waals surface area (Å²) in [5.41, 5.74) is 2.34. The van der Waals surface area contributed by atoms with Gasteiger partial charge in [-0.15, -0.1) is 0 Å². The van der Waals surface area contributed by atoms with E-state index in [-0.39, 0.29) is 23.7 Å². The monoisotopic (exact) mass is 218 g/mol. The number of imidazole rings is 1. The quantitative estimate of drug-likeness (QED) is 0.397. The van der Waals surface area contributed by atoms with E-state index in [0.29, 0.717) is 13.0 Å². The van der Waals surface area contributed by atoms with Crippen molar-refractivity contribution in [3.8, 4) is 12.1 Å². The molecule has 0 aliphatic carbocycles. The van der Waals surface area contributed by atoms with E-state index in [2.05, 4.69) is 4.98 Å². The fourth-order valence-electron chi connectivity index (χ4n) is 1.23. The maximum atomic E-state index is 10.8. The Kier molecular flexibility index (Phi) is 4.01. The van der Waals surface area contributed by atoms with Crippen molar-refractivity contribution in [1.82, 2.24) is 15.0 Å². The lowest BCUT2D eigenvalue weighted by Crippen LogP contribution is -2.29. The lowest BCUT2D eigenvalue weighted by molar-refractivity contribution is -0.121. The van der Waals surface area contributed by atoms with Gasteiger partial charge in [0.25, 0.3) is 0 Å². The van der Waals surface area contributed by atoms with Gasteiger partial charge in [0.05, 0.1) is 6.33 Å². The molecule has 1 heterocycles. The highest BCUT2D eigenvalue weighted by Crippen LogP contribution is 2.06. The zero-order valence-electron chi connectivity index (χ0n) is 8.47. The van der Waals surface area contributed by atoms with Crippen LogP contribution in [0.5, 0.6) is 0 Å². The third kappa shape index (κ3) is 2.56. The standard InChI is InChI=1S/C9H10N6O/c10-4-7-8(5-11)15(6-13-7)3-1-2-9(16)14-12/h6H,1-3,12H2,(H,14,16). The van der Waals surface area contributed by atoms with Crippen molar-refractivity contribution in [1.29, 1.82) is 10.5 Å². The summed E-state index contributed by atoms with van der Waals surface area (Å²) in [6.07, 6.45) is 2.21. The van der Waals surface area contributed by atoms with Crippen LogP contribution >= 0.6 is 0 Å². The van der Waals surface area contributed by atoms with Crippen molar-refractivity contribution in [2.45, 2.75) is 19.4 Å². The summed E-state index contributed by atoms with van der Waals surface area (Å²) in [6.45, 7) is 0.449. The second-order valence-electron chi connectivity index (χ2n) is 3.03. The third-order valence-corrected chi connectivity index (χ3v) is 2.01. The van der Waals surface area contributed by atoms with E-state index >= 15 is 0 Å². The lowest BCUT2D eigenvalue weighted by Gasteiger charge is -2.02. The molecule has 7 nitrogen and oxygen atoms in total. The average Bonchev–Trinajstić information content (AvgIpc) is 2.70. The molecule has 1 rings (SSSR count). The molecule has 0 saturated heterocycles. The molecule has 0 unspecified atom stereocenters. The highest BCUT2D eigenvalue weighted by molar-refractivity contribution is 5.75. The minimum atomic E-state index is -0.265. The van der Waals surface area contributed by atoms with Crippen LogP contribution in [0.2, 0.25) is 0 Å². The molecular formula is C9H10N6O. The molecule has 0 aliphatic rings. The van der Waals surface area contributed by atoms with Crippen LogP contribution in [0, 0.1) is 22.7 Å². The van der Waals surface area contributed by atoms with Gasteiger partial charge in [-0.3, -0.25) is 10.2 Å². The second kappa shape index (κ2) is 5.49. The van der Waals surface area contributed by atoms with Crippen molar-refractivity contribution in [3.05, 3.63) is 17.7 Å². The van der Waals surface area contributed by atoms with Gasteiger partial charge in [0.2, 0.25) is 5.91 Å². The van der Waals surface area contributed by atoms with E-state index in [1.54, 1.807) is 4.57 Å². The number of rotatable bonds is 4. The molecule has 0 radical (unpaired) electrons. The molecule has 0 aromatic carbocycles. The van der Waals surface area contributed by atoms with Crippen molar-refractivity contribution >= 4 is 5.91 Å². The van der Waals surface area contributed by atoms with Gasteiger partial charge in [0.1, 0.15) is 12.1 Å². The lowest BCUT2D eigenvalue weighted by atomic mass is 10.3. The van der Waals surface area contributed by atoms with Gasteiger partial charge in [-0.25, -0.2) is 10.8 Å². The van der Waals surface area contributed by atoms with Gasteiger partial charge < -0.3 is 4.57 Å². The van der Waals surface area contributed by atoms with Crippen LogP contribution in [0.1, 0.15) is 24.2 Å². The number of amides is 1. The summed E-state index contributed by atoms with van der Waals surface area (Å²) in [5.74, 6) is 4.65. The number of nitriles is 2. The molecule has 0 fully saturated rings. The summed E-state index contributed by atoms with van der Waals surface area (Å²) >= 11 is 0. The van der Waals surface area contributed by atoms with Crippen LogP contribution < -0.4 is 11.3 Å². The van der Waals surface area contributed by atoms with Crippen molar-refractivity contribution in [2.24, 2.45) is 5.84 Å². The summed E-state index contributed by atoms with van der Waals surface area (Å²) in [5, 5.41) is 17.5. The number of carbonyl (C=O) groups is 1. The van der Waals surface area contributed by atoms with Crippen LogP contribution in [-0.2, 0) is 11.3 Å². The molecular weight excluding hydrogens is 208 g/mol. The molecule has 7 heteroatoms. The number of aromatic nitrogens is 2. The van der Waals surface area contributed by atoms with Gasteiger partial charge >= 0.3 is 0 Å². The maximum Gasteiger partial charge on any atom is 0.233 e. The normalized spacial score (nSPS) is 9.19. The van der Waals surface area contributed by atoms with Crippen LogP contribution in [0.4, 0.5) is 0 Å². The van der Waals surface area contributed by atoms with Crippen LogP contribution in [-0.4, -0.2) is 15.5 Å². The van der Waals surface area contributed by atoms with E-state index in [4.69, 9.17) is 16.4 Å². The van der Waals surface area contributed by atoms with E-state index in [0.717, 1.165) is 0 Å². The minimum absolute atomic E-state index is 0.103. The Bertz CT molecular complexity index is 463. The van der Waals surface area contributed by atoms with E-state index in [9.17, 15) is 4.79 Å². The molecule has 0 aliphatic heterocycles. The fourth-order valence-corrected chi connectivity index (χ4v) is 1.23. The number of aryl methyl sites for hydroxylation is 1. The summed E-state index contributed by atoms with van der Waals surface area (Å²) in [7, 11) is 0. The minimum Gasteiger partial charge on any atom is -0.321 e. The van der Waals surface area contributed by atoms with Crippen molar-refractivity contribution in [3.63, 3.8) is 0 Å². The molecule has 1 aromatic heterocycles. The molecule has 0 atom stereocenters. The Morgan fingerprint density at radius 3 is 2.88 bits per heavy atom. The number of hydrogen-bond donors (Lipinski definition) is 2. The van der Waals surface area contributed by atoms with Gasteiger partial charge in [0.15, 0.2) is 11.4 Å². The zero-order valence-corrected chi connectivity index (χ0v) is 8.47.